The van der Waals surface area contributed by atoms with Gasteiger partial charge in [0.05, 0.1) is 0 Å². The van der Waals surface area contributed by atoms with Crippen molar-refractivity contribution in [2.75, 3.05) is 0 Å². The van der Waals surface area contributed by atoms with E-state index in [1.165, 1.54) is 22.3 Å². The number of benzene rings is 2. The minimum atomic E-state index is -3.06. The molecule has 0 heterocycles. The van der Waals surface area contributed by atoms with Crippen molar-refractivity contribution in [2.24, 2.45) is 0 Å². The third kappa shape index (κ3) is 4.18. The zero-order valence-electron chi connectivity index (χ0n) is 21.0. The fourth-order valence-electron chi connectivity index (χ4n) is 6.84. The summed E-state index contributed by atoms with van der Waals surface area (Å²) in [6.07, 6.45) is 5.05. The molecule has 2 atom stereocenters. The fraction of sp³-hybridized carbons (Fsp3) is 0.429. The molecule has 2 aliphatic carbocycles. The van der Waals surface area contributed by atoms with E-state index in [4.69, 9.17) is 0 Å². The molecule has 0 nitrogen and oxygen atoms in total. The van der Waals surface area contributed by atoms with Gasteiger partial charge in [0.15, 0.2) is 0 Å². The largest absolute Gasteiger partial charge is 0.147 e. The van der Waals surface area contributed by atoms with Crippen LogP contribution in [0.1, 0.15) is 95.2 Å². The Morgan fingerprint density at radius 3 is 1.34 bits per heavy atom. The van der Waals surface area contributed by atoms with Gasteiger partial charge in [0.1, 0.15) is 0 Å². The molecule has 0 bridgehead atoms. The van der Waals surface area contributed by atoms with Gasteiger partial charge in [0.2, 0.25) is 0 Å². The van der Waals surface area contributed by atoms with Gasteiger partial charge in [0, 0.05) is 0 Å². The number of halogens is 2. The Hall–Kier alpha value is -0.569. The van der Waals surface area contributed by atoms with Crippen molar-refractivity contribution >= 4 is 44.6 Å². The summed E-state index contributed by atoms with van der Waals surface area (Å²) in [7, 11) is 2.42. The van der Waals surface area contributed by atoms with Gasteiger partial charge in [-0.1, -0.05) is 0 Å². The molecule has 0 amide bonds. The SMILES string of the molecule is CC1=Cc2c(C(C)C)cccc2[CH]1[Ti]([CH3])([CH3])(=[SiH2])[CH]1C(C)=Cc2c(C(C)C)cccc21.Cl.Cl. The quantitative estimate of drug-likeness (QED) is 0.352. The number of hydrogen-bond donors (Lipinski definition) is 0. The number of hydrogen-bond acceptors (Lipinski definition) is 0. The second-order valence-corrected chi connectivity index (χ2v) is 31.8. The van der Waals surface area contributed by atoms with Crippen LogP contribution in [0.5, 0.6) is 0 Å². The second-order valence-electron chi connectivity index (χ2n) is 11.6. The van der Waals surface area contributed by atoms with Crippen molar-refractivity contribution in [3.63, 3.8) is 0 Å². The van der Waals surface area contributed by atoms with E-state index in [2.05, 4.69) is 108 Å². The molecular weight excluding hydrogens is 483 g/mol. The molecule has 2 unspecified atom stereocenters. The first-order valence-electron chi connectivity index (χ1n) is 11.6. The minimum Gasteiger partial charge on any atom is -0.147 e. The number of fused-ring (bicyclic) bond motifs is 2. The molecule has 0 N–H and O–H groups in total. The summed E-state index contributed by atoms with van der Waals surface area (Å²) in [5.74, 6) is 1.13. The van der Waals surface area contributed by atoms with E-state index in [1.807, 2.05) is 0 Å². The van der Waals surface area contributed by atoms with Crippen molar-refractivity contribution in [3.8, 4) is 0 Å². The third-order valence-corrected chi connectivity index (χ3v) is 19.4. The van der Waals surface area contributed by atoms with Crippen molar-refractivity contribution in [2.45, 2.75) is 72.3 Å². The van der Waals surface area contributed by atoms with Gasteiger partial charge < -0.3 is 0 Å². The molecule has 0 fully saturated rings. The van der Waals surface area contributed by atoms with Crippen LogP contribution in [0.25, 0.3) is 12.2 Å². The molecule has 174 valence electrons. The molecule has 0 radical (unpaired) electrons. The van der Waals surface area contributed by atoms with Crippen LogP contribution in [-0.4, -0.2) is 7.63 Å². The van der Waals surface area contributed by atoms with Gasteiger partial charge in [-0.3, -0.25) is 0 Å². The monoisotopic (exact) mass is 522 g/mol. The molecule has 32 heavy (non-hydrogen) atoms. The first-order valence-corrected chi connectivity index (χ1v) is 20.6. The zero-order valence-corrected chi connectivity index (χ0v) is 25.6. The number of rotatable bonds is 4. The summed E-state index contributed by atoms with van der Waals surface area (Å²) < 4.78 is 1.21. The predicted molar refractivity (Wildman–Crippen MR) is 149 cm³/mol. The fourth-order valence-corrected chi connectivity index (χ4v) is 20.7. The molecular formula is C28H40Cl2SiTi. The van der Waals surface area contributed by atoms with Gasteiger partial charge in [0.25, 0.3) is 0 Å². The molecule has 0 spiro atoms. The van der Waals surface area contributed by atoms with Crippen molar-refractivity contribution in [1.82, 2.24) is 0 Å². The molecule has 0 aromatic heterocycles. The first kappa shape index (κ1) is 27.7. The van der Waals surface area contributed by atoms with Crippen LogP contribution in [0.2, 0.25) is 10.5 Å². The molecule has 0 saturated heterocycles. The smallest absolute Gasteiger partial charge is 0.147 e. The van der Waals surface area contributed by atoms with E-state index in [9.17, 15) is 0 Å². The van der Waals surface area contributed by atoms with Crippen molar-refractivity contribution in [1.29, 1.82) is 0 Å². The summed E-state index contributed by atoms with van der Waals surface area (Å²) >= 11 is -3.06. The normalized spacial score (nSPS) is 19.7. The van der Waals surface area contributed by atoms with Gasteiger partial charge in [-0.05, 0) is 0 Å². The summed E-state index contributed by atoms with van der Waals surface area (Å²) in [5.41, 5.74) is 12.5. The minimum absolute atomic E-state index is 0. The third-order valence-electron chi connectivity index (χ3n) is 7.76. The van der Waals surface area contributed by atoms with E-state index in [0.717, 1.165) is 0 Å². The summed E-state index contributed by atoms with van der Waals surface area (Å²) in [6.45, 7) is 14.1. The Bertz CT molecular complexity index is 1080. The van der Waals surface area contributed by atoms with Gasteiger partial charge in [-0.2, -0.15) is 0 Å². The summed E-state index contributed by atoms with van der Waals surface area (Å²) in [4.78, 5) is 0. The van der Waals surface area contributed by atoms with Gasteiger partial charge in [-0.25, -0.2) is 0 Å². The maximum atomic E-state index is 2.72. The van der Waals surface area contributed by atoms with E-state index < -0.39 is 14.0 Å². The Labute approximate surface area is 210 Å². The van der Waals surface area contributed by atoms with Crippen LogP contribution >= 0.6 is 24.8 Å². The molecule has 0 saturated carbocycles. The van der Waals surface area contributed by atoms with Crippen LogP contribution in [0.15, 0.2) is 47.5 Å². The first-order chi connectivity index (χ1) is 13.9. The summed E-state index contributed by atoms with van der Waals surface area (Å²) in [5, 5.41) is 5.43. The average Bonchev–Trinajstić information content (AvgIpc) is 3.16. The maximum Gasteiger partial charge on any atom is -0.147 e. The Balaban J connectivity index is 0.00000181. The Morgan fingerprint density at radius 1 is 0.688 bits per heavy atom. The van der Waals surface area contributed by atoms with Crippen LogP contribution < -0.4 is 0 Å². The molecule has 0 aliphatic heterocycles. The zero-order chi connectivity index (χ0) is 22.0. The van der Waals surface area contributed by atoms with Crippen LogP contribution in [0.4, 0.5) is 0 Å². The van der Waals surface area contributed by atoms with Gasteiger partial charge in [-0.15, -0.1) is 24.8 Å². The van der Waals surface area contributed by atoms with E-state index in [1.54, 1.807) is 22.3 Å². The predicted octanol–water partition coefficient (Wildman–Crippen LogP) is 8.73. The molecule has 2 aromatic carbocycles. The van der Waals surface area contributed by atoms with E-state index in [-0.39, 0.29) is 24.8 Å². The average molecular weight is 523 g/mol. The molecule has 2 aromatic rings. The Kier molecular flexibility index (Phi) is 7.98. The van der Waals surface area contributed by atoms with Crippen LogP contribution in [-0.2, 0) is 14.0 Å². The van der Waals surface area contributed by atoms with Crippen LogP contribution in [0.3, 0.4) is 0 Å². The van der Waals surface area contributed by atoms with Crippen LogP contribution in [0, 0.1) is 0 Å². The van der Waals surface area contributed by atoms with Crippen molar-refractivity contribution < 1.29 is 14.0 Å². The summed E-state index contributed by atoms with van der Waals surface area (Å²) in [6, 6.07) is 14.2. The second kappa shape index (κ2) is 9.23. The van der Waals surface area contributed by atoms with Crippen molar-refractivity contribution in [3.05, 3.63) is 80.9 Å². The molecule has 2 aliphatic rings. The van der Waals surface area contributed by atoms with E-state index >= 15 is 0 Å². The van der Waals surface area contributed by atoms with Gasteiger partial charge >= 0.3 is 187 Å². The topological polar surface area (TPSA) is 0 Å². The number of allylic oxidation sites excluding steroid dienone is 2. The van der Waals surface area contributed by atoms with E-state index in [0.29, 0.717) is 20.3 Å². The molecule has 4 heteroatoms. The Morgan fingerprint density at radius 2 is 1.03 bits per heavy atom. The maximum absolute atomic E-state index is 3.06. The standard InChI is InChI=1S/2C13H15.2CH3.2ClH.H2Si.Ti/c2*1-9(2)12-6-4-5-11-7-10(3)8-13(11)12;;;;;;/h2*4-9H,1-3H3;2*1H3;2*1H;1H2;. The molecule has 4 rings (SSSR count).